The first-order valence-electron chi connectivity index (χ1n) is 27.9. The lowest BCUT2D eigenvalue weighted by molar-refractivity contribution is -0.117. The zero-order valence-corrected chi connectivity index (χ0v) is 43.7. The van der Waals surface area contributed by atoms with Crippen LogP contribution in [0.1, 0.15) is 77.0 Å². The van der Waals surface area contributed by atoms with Gasteiger partial charge in [0.2, 0.25) is 35.4 Å². The molecule has 0 radical (unpaired) electrons. The molecule has 0 aliphatic carbocycles. The molecule has 6 heterocycles. The molecule has 6 saturated heterocycles. The van der Waals surface area contributed by atoms with Gasteiger partial charge < -0.3 is 29.4 Å². The van der Waals surface area contributed by atoms with E-state index in [1.807, 2.05) is 102 Å². The molecule has 0 atom stereocenters. The molecule has 6 amide bonds. The molecule has 0 aromatic heterocycles. The molecule has 0 bridgehead atoms. The first-order chi connectivity index (χ1) is 38.2. The Kier molecular flexibility index (Phi) is 12.8. The third kappa shape index (κ3) is 8.82. The number of hydrogen-bond acceptors (Lipinski definition) is 6. The fourth-order valence-corrected chi connectivity index (χ4v) is 12.9. The standard InChI is InChI=1S/C66H60N6O6/c73-61-23-9-29-67(61)45-35-43(36-46(39-45)68-30-10-24-62(68)74)55-42-58(52-18-4-2-16-50(52)54-20-6-8-22-60(54)72-34-14-28-66(72)78)56(44-37-47(69-31-11-25-63(69)75)40-48(38-44)70-32-12-26-64(70)76)41-57(55)51-17-3-1-15-49(51)53-19-5-7-21-59(53)71-33-13-27-65(71)77/h1-8,15-22,35-42H,9-14,23-34H2. The van der Waals surface area contributed by atoms with E-state index in [2.05, 4.69) is 72.8 Å². The fourth-order valence-electron chi connectivity index (χ4n) is 12.9. The summed E-state index contributed by atoms with van der Waals surface area (Å²) < 4.78 is 0. The number of carbonyl (C=O) groups excluding carboxylic acids is 6. The second-order valence-corrected chi connectivity index (χ2v) is 21.4. The van der Waals surface area contributed by atoms with Crippen molar-refractivity contribution in [2.75, 3.05) is 68.7 Å². The Morgan fingerprint density at radius 3 is 0.744 bits per heavy atom. The summed E-state index contributed by atoms with van der Waals surface area (Å²) in [4.78, 5) is 93.4. The van der Waals surface area contributed by atoms with E-state index in [9.17, 15) is 28.8 Å². The van der Waals surface area contributed by atoms with Gasteiger partial charge in [-0.1, -0.05) is 84.9 Å². The van der Waals surface area contributed by atoms with Crippen LogP contribution in [0.2, 0.25) is 0 Å². The quantitative estimate of drug-likeness (QED) is 0.120. The van der Waals surface area contributed by atoms with Crippen LogP contribution in [0.3, 0.4) is 0 Å². The average Bonchev–Trinajstić information content (AvgIpc) is 4.48. The average molecular weight is 1030 g/mol. The van der Waals surface area contributed by atoms with E-state index in [4.69, 9.17) is 0 Å². The Labute approximate surface area is 454 Å². The van der Waals surface area contributed by atoms with E-state index >= 15 is 0 Å². The zero-order chi connectivity index (χ0) is 53.0. The molecule has 6 aliphatic rings. The largest absolute Gasteiger partial charge is 0.312 e. The van der Waals surface area contributed by atoms with Crippen molar-refractivity contribution in [3.8, 4) is 66.8 Å². The van der Waals surface area contributed by atoms with E-state index in [0.717, 1.165) is 139 Å². The molecule has 390 valence electrons. The van der Waals surface area contributed by atoms with Gasteiger partial charge in [0.1, 0.15) is 0 Å². The number of anilines is 6. The number of rotatable bonds is 12. The van der Waals surface area contributed by atoms with Crippen LogP contribution in [0.25, 0.3) is 66.8 Å². The summed E-state index contributed by atoms with van der Waals surface area (Å²) >= 11 is 0. The lowest BCUT2D eigenvalue weighted by Gasteiger charge is -2.27. The van der Waals surface area contributed by atoms with Crippen LogP contribution < -0.4 is 29.4 Å². The lowest BCUT2D eigenvalue weighted by Crippen LogP contribution is -2.26. The summed E-state index contributed by atoms with van der Waals surface area (Å²) in [5, 5.41) is 0. The number of nitrogens with zero attached hydrogens (tertiary/aromatic N) is 6. The first-order valence-corrected chi connectivity index (χ1v) is 27.9. The number of para-hydroxylation sites is 2. The lowest BCUT2D eigenvalue weighted by atomic mass is 9.81. The summed E-state index contributed by atoms with van der Waals surface area (Å²) in [6.45, 7) is 3.48. The van der Waals surface area contributed by atoms with Crippen molar-refractivity contribution in [3.05, 3.63) is 146 Å². The van der Waals surface area contributed by atoms with Crippen molar-refractivity contribution >= 4 is 69.6 Å². The highest BCUT2D eigenvalue weighted by Crippen LogP contribution is 2.51. The normalized spacial score (nSPS) is 17.8. The van der Waals surface area contributed by atoms with E-state index in [-0.39, 0.29) is 35.4 Å². The molecular formula is C66H60N6O6. The number of carbonyl (C=O) groups is 6. The molecule has 7 aromatic carbocycles. The molecule has 0 N–H and O–H groups in total. The van der Waals surface area contributed by atoms with Crippen LogP contribution in [-0.2, 0) is 28.8 Å². The van der Waals surface area contributed by atoms with Crippen molar-refractivity contribution < 1.29 is 28.8 Å². The summed E-state index contributed by atoms with van der Waals surface area (Å²) in [6.07, 6.45) is 7.17. The molecule has 0 unspecified atom stereocenters. The predicted octanol–water partition coefficient (Wildman–Crippen LogP) is 12.4. The first kappa shape index (κ1) is 49.0. The van der Waals surface area contributed by atoms with Crippen LogP contribution >= 0.6 is 0 Å². The van der Waals surface area contributed by atoms with Crippen LogP contribution in [0, 0.1) is 0 Å². The summed E-state index contributed by atoms with van der Waals surface area (Å²) in [7, 11) is 0. The maximum atomic E-state index is 13.8. The summed E-state index contributed by atoms with van der Waals surface area (Å²) in [5.41, 5.74) is 15.0. The van der Waals surface area contributed by atoms with Crippen LogP contribution in [0.4, 0.5) is 34.1 Å². The smallest absolute Gasteiger partial charge is 0.227 e. The molecule has 7 aromatic rings. The molecule has 6 fully saturated rings. The third-order valence-corrected chi connectivity index (χ3v) is 16.7. The second kappa shape index (κ2) is 20.4. The molecular weight excluding hydrogens is 973 g/mol. The van der Waals surface area contributed by atoms with Gasteiger partial charge in [-0.25, -0.2) is 0 Å². The Morgan fingerprint density at radius 2 is 0.474 bits per heavy atom. The molecule has 13 rings (SSSR count). The van der Waals surface area contributed by atoms with E-state index in [1.165, 1.54) is 0 Å². The Balaban J connectivity index is 1.14. The van der Waals surface area contributed by atoms with Crippen molar-refractivity contribution in [2.45, 2.75) is 77.0 Å². The van der Waals surface area contributed by atoms with Crippen LogP contribution in [-0.4, -0.2) is 74.7 Å². The minimum atomic E-state index is 0.0354. The summed E-state index contributed by atoms with van der Waals surface area (Å²) in [6, 6.07) is 49.6. The molecule has 0 spiro atoms. The molecule has 78 heavy (non-hydrogen) atoms. The van der Waals surface area contributed by atoms with Gasteiger partial charge in [0.05, 0.1) is 11.4 Å². The zero-order valence-electron chi connectivity index (χ0n) is 43.7. The molecule has 6 aliphatic heterocycles. The molecule has 12 heteroatoms. The maximum Gasteiger partial charge on any atom is 0.227 e. The molecule has 0 saturated carbocycles. The van der Waals surface area contributed by atoms with Gasteiger partial charge in [0.15, 0.2) is 0 Å². The van der Waals surface area contributed by atoms with E-state index in [1.54, 1.807) is 0 Å². The van der Waals surface area contributed by atoms with Gasteiger partial charge in [0.25, 0.3) is 0 Å². The number of hydrogen-bond donors (Lipinski definition) is 0. The minimum absolute atomic E-state index is 0.0354. The van der Waals surface area contributed by atoms with E-state index in [0.29, 0.717) is 77.8 Å². The topological polar surface area (TPSA) is 122 Å². The van der Waals surface area contributed by atoms with Gasteiger partial charge in [-0.15, -0.1) is 0 Å². The fraction of sp³-hybridized carbons (Fsp3) is 0.273. The highest BCUT2D eigenvalue weighted by molar-refractivity contribution is 6.09. The van der Waals surface area contributed by atoms with Crippen molar-refractivity contribution in [2.24, 2.45) is 0 Å². The van der Waals surface area contributed by atoms with Gasteiger partial charge in [0, 0.05) is 112 Å². The maximum absolute atomic E-state index is 13.8. The van der Waals surface area contributed by atoms with Gasteiger partial charge in [-0.2, -0.15) is 0 Å². The SMILES string of the molecule is O=C1CCCN1c1cc(-c2cc(-c3ccccc3-c3ccccc3N3CCCC3=O)c(-c3cc(N4CCCC4=O)cc(N4CCCC4=O)c3)cc2-c2ccccc2-c2ccccc2N2CCCC2=O)cc(N2CCCC2=O)c1. The van der Waals surface area contributed by atoms with Gasteiger partial charge in [-0.3, -0.25) is 28.8 Å². The van der Waals surface area contributed by atoms with Crippen LogP contribution in [0.15, 0.2) is 146 Å². The van der Waals surface area contributed by atoms with Gasteiger partial charge >= 0.3 is 0 Å². The van der Waals surface area contributed by atoms with Gasteiger partial charge in [-0.05, 0) is 155 Å². The monoisotopic (exact) mass is 1030 g/mol. The highest BCUT2D eigenvalue weighted by Gasteiger charge is 2.33. The van der Waals surface area contributed by atoms with Crippen LogP contribution in [0.5, 0.6) is 0 Å². The minimum Gasteiger partial charge on any atom is -0.312 e. The van der Waals surface area contributed by atoms with E-state index < -0.39 is 0 Å². The molecule has 12 nitrogen and oxygen atoms in total. The van der Waals surface area contributed by atoms with Crippen molar-refractivity contribution in [3.63, 3.8) is 0 Å². The number of amides is 6. The Hall–Kier alpha value is -8.64. The predicted molar refractivity (Wildman–Crippen MR) is 309 cm³/mol. The van der Waals surface area contributed by atoms with Crippen molar-refractivity contribution in [1.82, 2.24) is 0 Å². The second-order valence-electron chi connectivity index (χ2n) is 21.4. The third-order valence-electron chi connectivity index (χ3n) is 16.7. The summed E-state index contributed by atoms with van der Waals surface area (Å²) in [5.74, 6) is 0.313. The Morgan fingerprint density at radius 1 is 0.231 bits per heavy atom. The highest BCUT2D eigenvalue weighted by atomic mass is 16.2. The Bertz CT molecular complexity index is 3320. The number of benzene rings is 7. The van der Waals surface area contributed by atoms with Crippen molar-refractivity contribution in [1.29, 1.82) is 0 Å².